The number of anilines is 1. The summed E-state index contributed by atoms with van der Waals surface area (Å²) in [6, 6.07) is 19.5. The highest BCUT2D eigenvalue weighted by molar-refractivity contribution is 6.04. The monoisotopic (exact) mass is 500 g/mol. The van der Waals surface area contributed by atoms with Gasteiger partial charge < -0.3 is 15.6 Å². The van der Waals surface area contributed by atoms with E-state index in [0.29, 0.717) is 5.65 Å². The van der Waals surface area contributed by atoms with E-state index in [1.807, 2.05) is 62.6 Å². The number of aromatic nitrogens is 6. The molecule has 1 amide bonds. The van der Waals surface area contributed by atoms with Crippen molar-refractivity contribution in [2.45, 2.75) is 13.0 Å². The van der Waals surface area contributed by atoms with Gasteiger partial charge in [0.05, 0.1) is 23.3 Å². The van der Waals surface area contributed by atoms with E-state index in [9.17, 15) is 4.79 Å². The highest BCUT2D eigenvalue weighted by Crippen LogP contribution is 2.31. The number of aryl methyl sites for hydroxylation is 1. The van der Waals surface area contributed by atoms with Gasteiger partial charge in [-0.15, -0.1) is 5.10 Å². The number of para-hydroxylation sites is 2. The number of carbonyl (C=O) groups excluding carboxylic acids is 1. The summed E-state index contributed by atoms with van der Waals surface area (Å²) in [5.74, 6) is 6.33. The first-order valence-electron chi connectivity index (χ1n) is 12.1. The van der Waals surface area contributed by atoms with Crippen LogP contribution in [-0.4, -0.2) is 34.9 Å². The lowest BCUT2D eigenvalue weighted by atomic mass is 10.1. The zero-order chi connectivity index (χ0) is 26.2. The second-order valence-corrected chi connectivity index (χ2v) is 8.98. The van der Waals surface area contributed by atoms with Gasteiger partial charge in [-0.1, -0.05) is 42.2 Å². The van der Waals surface area contributed by atoms with Gasteiger partial charge in [0.25, 0.3) is 5.91 Å². The zero-order valence-corrected chi connectivity index (χ0v) is 20.8. The van der Waals surface area contributed by atoms with Gasteiger partial charge in [-0.05, 0) is 37.3 Å². The molecule has 9 nitrogen and oxygen atoms in total. The number of nitrogens with two attached hydrogens (primary N) is 1. The molecule has 2 aromatic carbocycles. The zero-order valence-electron chi connectivity index (χ0n) is 20.8. The molecule has 38 heavy (non-hydrogen) atoms. The minimum Gasteiger partial charge on any atom is -0.381 e. The van der Waals surface area contributed by atoms with Gasteiger partial charge in [-0.2, -0.15) is 5.10 Å². The molecule has 0 saturated carbocycles. The molecule has 9 heteroatoms. The topological polar surface area (TPSA) is 108 Å². The number of hydrogen-bond donors (Lipinski definition) is 2. The van der Waals surface area contributed by atoms with Gasteiger partial charge in [0.15, 0.2) is 11.5 Å². The Morgan fingerprint density at radius 2 is 1.92 bits per heavy atom. The summed E-state index contributed by atoms with van der Waals surface area (Å²) in [7, 11) is 1.87. The number of rotatable bonds is 4. The third kappa shape index (κ3) is 4.04. The minimum absolute atomic E-state index is 0.130. The minimum atomic E-state index is -0.368. The van der Waals surface area contributed by atoms with Crippen LogP contribution in [0.1, 0.15) is 40.1 Å². The van der Waals surface area contributed by atoms with Crippen molar-refractivity contribution in [3.8, 4) is 17.5 Å². The first kappa shape index (κ1) is 23.1. The Balaban J connectivity index is 1.45. The maximum Gasteiger partial charge on any atom is 0.259 e. The fourth-order valence-electron chi connectivity index (χ4n) is 4.64. The first-order chi connectivity index (χ1) is 18.5. The molecule has 0 aliphatic heterocycles. The quantitative estimate of drug-likeness (QED) is 0.357. The van der Waals surface area contributed by atoms with Crippen molar-refractivity contribution in [2.75, 3.05) is 5.73 Å². The maximum absolute atomic E-state index is 13.4. The SMILES string of the molecule is C[C@@H](NC(=O)c1c(N)nn2cccnc12)c1cc2cccc(C#Cc3cnn(C)c3)c2n1-c1ccccc1. The number of carbonyl (C=O) groups is 1. The van der Waals surface area contributed by atoms with Crippen LogP contribution >= 0.6 is 0 Å². The van der Waals surface area contributed by atoms with Crippen molar-refractivity contribution in [1.29, 1.82) is 0 Å². The lowest BCUT2D eigenvalue weighted by molar-refractivity contribution is 0.0941. The Kier molecular flexibility index (Phi) is 5.62. The molecule has 0 aliphatic rings. The van der Waals surface area contributed by atoms with E-state index < -0.39 is 0 Å². The molecular weight excluding hydrogens is 476 g/mol. The molecule has 6 rings (SSSR count). The predicted molar refractivity (Wildman–Crippen MR) is 146 cm³/mol. The molecule has 186 valence electrons. The molecule has 0 aliphatic carbocycles. The number of benzene rings is 2. The van der Waals surface area contributed by atoms with Crippen molar-refractivity contribution >= 4 is 28.3 Å². The molecule has 0 fully saturated rings. The fourth-order valence-corrected chi connectivity index (χ4v) is 4.64. The maximum atomic E-state index is 13.4. The second kappa shape index (κ2) is 9.26. The van der Waals surface area contributed by atoms with Gasteiger partial charge >= 0.3 is 0 Å². The number of nitrogen functional groups attached to an aromatic ring is 1. The highest BCUT2D eigenvalue weighted by atomic mass is 16.1. The van der Waals surface area contributed by atoms with E-state index in [-0.39, 0.29) is 23.3 Å². The molecule has 0 unspecified atom stereocenters. The summed E-state index contributed by atoms with van der Waals surface area (Å²) in [6.07, 6.45) is 6.94. The van der Waals surface area contributed by atoms with Gasteiger partial charge in [-0.25, -0.2) is 9.50 Å². The van der Waals surface area contributed by atoms with E-state index in [4.69, 9.17) is 5.73 Å². The van der Waals surface area contributed by atoms with Crippen LogP contribution < -0.4 is 11.1 Å². The van der Waals surface area contributed by atoms with Crippen LogP contribution in [0.4, 0.5) is 5.82 Å². The summed E-state index contributed by atoms with van der Waals surface area (Å²) in [4.78, 5) is 17.7. The summed E-state index contributed by atoms with van der Waals surface area (Å²) >= 11 is 0. The van der Waals surface area contributed by atoms with Gasteiger partial charge in [0.2, 0.25) is 0 Å². The van der Waals surface area contributed by atoms with Crippen molar-refractivity contribution in [3.05, 3.63) is 108 Å². The van der Waals surface area contributed by atoms with E-state index in [1.165, 1.54) is 4.52 Å². The summed E-state index contributed by atoms with van der Waals surface area (Å²) in [6.45, 7) is 1.95. The summed E-state index contributed by atoms with van der Waals surface area (Å²) < 4.78 is 5.38. The van der Waals surface area contributed by atoms with Crippen LogP contribution in [0.5, 0.6) is 0 Å². The molecule has 3 N–H and O–H groups in total. The van der Waals surface area contributed by atoms with E-state index in [2.05, 4.69) is 49.0 Å². The first-order valence-corrected chi connectivity index (χ1v) is 12.1. The molecule has 4 aromatic heterocycles. The van der Waals surface area contributed by atoms with E-state index >= 15 is 0 Å². The van der Waals surface area contributed by atoms with Crippen LogP contribution in [0.3, 0.4) is 0 Å². The molecule has 0 spiro atoms. The molecule has 0 saturated heterocycles. The average Bonchev–Trinajstić information content (AvgIpc) is 3.62. The number of nitrogens with one attached hydrogen (secondary N) is 1. The standard InChI is InChI=1S/C29H24N8O/c1-19(33-29(38)25-27(30)34-36-15-7-14-31-28(25)36)24-16-22-9-6-8-21(13-12-20-17-32-35(2)18-20)26(22)37(24)23-10-4-3-5-11-23/h3-11,14-19H,1-2H3,(H2,30,34)(H,33,38)/t19-/m1/s1. The number of fused-ring (bicyclic) bond motifs is 2. The third-order valence-corrected chi connectivity index (χ3v) is 6.35. The number of hydrogen-bond acceptors (Lipinski definition) is 5. The highest BCUT2D eigenvalue weighted by Gasteiger charge is 2.24. The predicted octanol–water partition coefficient (Wildman–Crippen LogP) is 3.88. The Morgan fingerprint density at radius 1 is 1.08 bits per heavy atom. The summed E-state index contributed by atoms with van der Waals surface area (Å²) in [5.41, 5.74) is 11.3. The number of amides is 1. The summed E-state index contributed by atoms with van der Waals surface area (Å²) in [5, 5.41) is 12.5. The van der Waals surface area contributed by atoms with E-state index in [1.54, 1.807) is 29.3 Å². The third-order valence-electron chi connectivity index (χ3n) is 6.35. The van der Waals surface area contributed by atoms with Crippen molar-refractivity contribution < 1.29 is 4.79 Å². The lowest BCUT2D eigenvalue weighted by Gasteiger charge is -2.18. The fraction of sp³-hybridized carbons (Fsp3) is 0.103. The molecule has 4 heterocycles. The molecule has 0 radical (unpaired) electrons. The van der Waals surface area contributed by atoms with Gasteiger partial charge in [0, 0.05) is 48.0 Å². The second-order valence-electron chi connectivity index (χ2n) is 8.98. The Hall–Kier alpha value is -5.36. The van der Waals surface area contributed by atoms with Crippen LogP contribution in [0.25, 0.3) is 22.2 Å². The van der Waals surface area contributed by atoms with Crippen LogP contribution in [0, 0.1) is 11.8 Å². The van der Waals surface area contributed by atoms with E-state index in [0.717, 1.165) is 33.4 Å². The van der Waals surface area contributed by atoms with Crippen LogP contribution in [0.2, 0.25) is 0 Å². The average molecular weight is 501 g/mol. The van der Waals surface area contributed by atoms with Crippen LogP contribution in [0.15, 0.2) is 85.5 Å². The Morgan fingerprint density at radius 3 is 2.71 bits per heavy atom. The molecule has 1 atom stereocenters. The van der Waals surface area contributed by atoms with Crippen molar-refractivity contribution in [1.82, 2.24) is 34.3 Å². The van der Waals surface area contributed by atoms with Gasteiger partial charge in [-0.3, -0.25) is 9.48 Å². The largest absolute Gasteiger partial charge is 0.381 e. The van der Waals surface area contributed by atoms with Crippen molar-refractivity contribution in [2.24, 2.45) is 7.05 Å². The molecule has 6 aromatic rings. The normalized spacial score (nSPS) is 11.8. The van der Waals surface area contributed by atoms with Crippen LogP contribution in [-0.2, 0) is 7.05 Å². The van der Waals surface area contributed by atoms with Gasteiger partial charge in [0.1, 0.15) is 5.56 Å². The number of nitrogens with zero attached hydrogens (tertiary/aromatic N) is 6. The molecular formula is C29H24N8O. The lowest BCUT2D eigenvalue weighted by Crippen LogP contribution is -2.28. The smallest absolute Gasteiger partial charge is 0.259 e. The van der Waals surface area contributed by atoms with Crippen molar-refractivity contribution in [3.63, 3.8) is 0 Å². The Bertz CT molecular complexity index is 1870. The molecule has 0 bridgehead atoms. The Labute approximate surface area is 218 Å².